The molecule has 3 aromatic carbocycles. The van der Waals surface area contributed by atoms with Gasteiger partial charge in [0.2, 0.25) is 0 Å². The summed E-state index contributed by atoms with van der Waals surface area (Å²) in [7, 11) is 3.10. The van der Waals surface area contributed by atoms with Crippen LogP contribution in [0.25, 0.3) is 10.9 Å². The minimum absolute atomic E-state index is 0.0476. The molecular formula is C25H19F2N3O4S. The molecule has 0 aliphatic rings. The number of nitrogens with zero attached hydrogens (tertiary/aromatic N) is 1. The van der Waals surface area contributed by atoms with Crippen molar-refractivity contribution in [1.29, 1.82) is 0 Å². The van der Waals surface area contributed by atoms with Gasteiger partial charge in [0.25, 0.3) is 5.91 Å². The zero-order valence-corrected chi connectivity index (χ0v) is 19.4. The van der Waals surface area contributed by atoms with Gasteiger partial charge in [-0.25, -0.2) is 8.78 Å². The van der Waals surface area contributed by atoms with Gasteiger partial charge in [-0.15, -0.1) is 0 Å². The standard InChI is InChI=1S/C25H19F2N3O4S/c1-32-22-12-18-20(13-23(22)33-2)28-10-9-21(18)34-16-6-4-15(5-7-16)29-25(35)30-24(31)17-8-3-14(26)11-19(17)27/h3-13H,1-2H3,(H2,29,30,31,35). The van der Waals surface area contributed by atoms with E-state index in [9.17, 15) is 13.6 Å². The number of halogens is 2. The van der Waals surface area contributed by atoms with E-state index in [0.717, 1.165) is 17.5 Å². The molecule has 1 amide bonds. The Labute approximate surface area is 204 Å². The molecule has 1 heterocycles. The molecule has 0 saturated heterocycles. The number of ether oxygens (including phenoxy) is 3. The number of methoxy groups -OCH3 is 2. The van der Waals surface area contributed by atoms with Gasteiger partial charge in [-0.1, -0.05) is 0 Å². The van der Waals surface area contributed by atoms with E-state index in [1.54, 1.807) is 62.9 Å². The second-order valence-corrected chi connectivity index (χ2v) is 7.60. The van der Waals surface area contributed by atoms with Crippen LogP contribution in [0.3, 0.4) is 0 Å². The van der Waals surface area contributed by atoms with Gasteiger partial charge in [-0.05, 0) is 60.7 Å². The molecule has 0 aliphatic carbocycles. The normalized spacial score (nSPS) is 10.5. The summed E-state index contributed by atoms with van der Waals surface area (Å²) in [6.45, 7) is 0. The van der Waals surface area contributed by atoms with Crippen LogP contribution < -0.4 is 24.8 Å². The molecule has 0 spiro atoms. The Morgan fingerprint density at radius 2 is 1.63 bits per heavy atom. The van der Waals surface area contributed by atoms with Gasteiger partial charge in [0.05, 0.1) is 25.3 Å². The summed E-state index contributed by atoms with van der Waals surface area (Å²) >= 11 is 5.12. The third kappa shape index (κ3) is 5.44. The van der Waals surface area contributed by atoms with E-state index in [0.29, 0.717) is 40.3 Å². The molecule has 0 unspecified atom stereocenters. The number of carbonyl (C=O) groups is 1. The first-order chi connectivity index (χ1) is 16.9. The molecule has 0 atom stereocenters. The average molecular weight is 496 g/mol. The number of hydrogen-bond acceptors (Lipinski definition) is 6. The SMILES string of the molecule is COc1cc2nccc(Oc3ccc(NC(=S)NC(=O)c4ccc(F)cc4F)cc3)c2cc1OC. The van der Waals surface area contributed by atoms with Crippen molar-refractivity contribution in [2.45, 2.75) is 0 Å². The number of fused-ring (bicyclic) bond motifs is 1. The van der Waals surface area contributed by atoms with Crippen molar-refractivity contribution in [3.8, 4) is 23.0 Å². The summed E-state index contributed by atoms with van der Waals surface area (Å²) in [6, 6.07) is 14.8. The molecule has 0 fully saturated rings. The topological polar surface area (TPSA) is 81.7 Å². The van der Waals surface area contributed by atoms with Gasteiger partial charge in [0.15, 0.2) is 16.6 Å². The monoisotopic (exact) mass is 495 g/mol. The smallest absolute Gasteiger partial charge is 0.260 e. The van der Waals surface area contributed by atoms with E-state index in [2.05, 4.69) is 15.6 Å². The van der Waals surface area contributed by atoms with E-state index in [4.69, 9.17) is 26.4 Å². The lowest BCUT2D eigenvalue weighted by Gasteiger charge is -2.13. The third-order valence-corrected chi connectivity index (χ3v) is 5.15. The molecule has 178 valence electrons. The number of pyridine rings is 1. The Bertz CT molecular complexity index is 1410. The number of carbonyl (C=O) groups excluding carboxylic acids is 1. The number of nitrogens with one attached hydrogen (secondary N) is 2. The Hall–Kier alpha value is -4.31. The Kier molecular flexibility index (Phi) is 7.02. The van der Waals surface area contributed by atoms with E-state index in [-0.39, 0.29) is 10.7 Å². The lowest BCUT2D eigenvalue weighted by Crippen LogP contribution is -2.34. The highest BCUT2D eigenvalue weighted by Crippen LogP contribution is 2.36. The summed E-state index contributed by atoms with van der Waals surface area (Å²) in [5.41, 5.74) is 0.920. The molecule has 0 bridgehead atoms. The first-order valence-electron chi connectivity index (χ1n) is 10.2. The van der Waals surface area contributed by atoms with Gasteiger partial charge >= 0.3 is 0 Å². The molecule has 2 N–H and O–H groups in total. The molecule has 0 radical (unpaired) electrons. The van der Waals surface area contributed by atoms with Crippen LogP contribution in [0.2, 0.25) is 0 Å². The fourth-order valence-corrected chi connectivity index (χ4v) is 3.49. The van der Waals surface area contributed by atoms with Crippen LogP contribution in [0.1, 0.15) is 10.4 Å². The average Bonchev–Trinajstić information content (AvgIpc) is 2.84. The molecule has 0 saturated carbocycles. The maximum Gasteiger partial charge on any atom is 0.260 e. The van der Waals surface area contributed by atoms with Crippen molar-refractivity contribution in [1.82, 2.24) is 10.3 Å². The summed E-state index contributed by atoms with van der Waals surface area (Å²) < 4.78 is 43.6. The zero-order chi connectivity index (χ0) is 24.9. The Morgan fingerprint density at radius 1 is 0.914 bits per heavy atom. The van der Waals surface area contributed by atoms with E-state index in [1.165, 1.54) is 0 Å². The molecule has 10 heteroatoms. The summed E-state index contributed by atoms with van der Waals surface area (Å²) in [5, 5.41) is 5.88. The summed E-state index contributed by atoms with van der Waals surface area (Å²) in [6.07, 6.45) is 1.63. The largest absolute Gasteiger partial charge is 0.493 e. The molecule has 4 aromatic rings. The van der Waals surface area contributed by atoms with Crippen molar-refractivity contribution in [2.75, 3.05) is 19.5 Å². The van der Waals surface area contributed by atoms with Crippen molar-refractivity contribution in [2.24, 2.45) is 0 Å². The maximum atomic E-state index is 13.8. The van der Waals surface area contributed by atoms with Gasteiger partial charge < -0.3 is 19.5 Å². The quantitative estimate of drug-likeness (QED) is 0.344. The van der Waals surface area contributed by atoms with E-state index in [1.807, 2.05) is 0 Å². The van der Waals surface area contributed by atoms with Crippen LogP contribution >= 0.6 is 12.2 Å². The molecule has 4 rings (SSSR count). The first kappa shape index (κ1) is 23.8. The predicted molar refractivity (Wildman–Crippen MR) is 131 cm³/mol. The second kappa shape index (κ2) is 10.3. The fourth-order valence-electron chi connectivity index (χ4n) is 3.28. The minimum Gasteiger partial charge on any atom is -0.493 e. The van der Waals surface area contributed by atoms with Crippen LogP contribution in [0.5, 0.6) is 23.0 Å². The number of aromatic nitrogens is 1. The number of hydrogen-bond donors (Lipinski definition) is 2. The summed E-state index contributed by atoms with van der Waals surface area (Å²) in [5.74, 6) is -0.329. The molecule has 7 nitrogen and oxygen atoms in total. The molecule has 1 aromatic heterocycles. The second-order valence-electron chi connectivity index (χ2n) is 7.19. The van der Waals surface area contributed by atoms with Crippen LogP contribution in [0.15, 0.2) is 66.9 Å². The number of anilines is 1. The molecular weight excluding hydrogens is 476 g/mol. The first-order valence-corrected chi connectivity index (χ1v) is 10.6. The highest BCUT2D eigenvalue weighted by molar-refractivity contribution is 7.80. The minimum atomic E-state index is -0.980. The number of amides is 1. The van der Waals surface area contributed by atoms with Crippen molar-refractivity contribution in [3.05, 3.63) is 84.1 Å². The predicted octanol–water partition coefficient (Wildman–Crippen LogP) is 5.45. The maximum absolute atomic E-state index is 13.8. The summed E-state index contributed by atoms with van der Waals surface area (Å²) in [4.78, 5) is 16.5. The number of rotatable bonds is 6. The van der Waals surface area contributed by atoms with Crippen molar-refractivity contribution >= 4 is 39.8 Å². The molecule has 35 heavy (non-hydrogen) atoms. The van der Waals surface area contributed by atoms with Crippen LogP contribution in [0, 0.1) is 11.6 Å². The van der Waals surface area contributed by atoms with Crippen LogP contribution in [-0.2, 0) is 0 Å². The lowest BCUT2D eigenvalue weighted by atomic mass is 10.2. The zero-order valence-electron chi connectivity index (χ0n) is 18.6. The van der Waals surface area contributed by atoms with Gasteiger partial charge in [-0.3, -0.25) is 15.1 Å². The van der Waals surface area contributed by atoms with Gasteiger partial charge in [0, 0.05) is 29.4 Å². The van der Waals surface area contributed by atoms with Crippen molar-refractivity contribution < 1.29 is 27.8 Å². The van der Waals surface area contributed by atoms with E-state index >= 15 is 0 Å². The lowest BCUT2D eigenvalue weighted by molar-refractivity contribution is 0.0973. The third-order valence-electron chi connectivity index (χ3n) is 4.95. The number of thiocarbonyl (C=S) groups is 1. The highest BCUT2D eigenvalue weighted by atomic mass is 32.1. The van der Waals surface area contributed by atoms with Crippen LogP contribution in [-0.4, -0.2) is 30.2 Å². The Morgan fingerprint density at radius 3 is 2.31 bits per heavy atom. The van der Waals surface area contributed by atoms with Gasteiger partial charge in [-0.2, -0.15) is 0 Å². The van der Waals surface area contributed by atoms with Gasteiger partial charge in [0.1, 0.15) is 23.1 Å². The molecule has 0 aliphatic heterocycles. The Balaban J connectivity index is 1.44. The highest BCUT2D eigenvalue weighted by Gasteiger charge is 2.14. The fraction of sp³-hybridized carbons (Fsp3) is 0.0800. The van der Waals surface area contributed by atoms with Crippen molar-refractivity contribution in [3.63, 3.8) is 0 Å². The van der Waals surface area contributed by atoms with E-state index < -0.39 is 17.5 Å². The number of benzene rings is 3. The van der Waals surface area contributed by atoms with Crippen LogP contribution in [0.4, 0.5) is 14.5 Å².